The first kappa shape index (κ1) is 18.1. The molecule has 0 radical (unpaired) electrons. The van der Waals surface area contributed by atoms with Crippen molar-refractivity contribution < 1.29 is 9.59 Å². The standard InChI is InChI=1S/C22H24N2O2S/c1-15-10-12-17(13-11-15)24-20(25)14-27-22(24)18-8-4-5-9-19(18)23-21(26)16-6-2-3-7-16/h4-5,8-13,16,22H,2-3,6-7,14H2,1H3,(H,23,26)/t22-/m0/s1. The van der Waals surface area contributed by atoms with Gasteiger partial charge >= 0.3 is 0 Å². The number of thioether (sulfide) groups is 1. The second-order valence-corrected chi connectivity index (χ2v) is 8.39. The Hall–Kier alpha value is -2.27. The van der Waals surface area contributed by atoms with Crippen LogP contribution in [0.4, 0.5) is 11.4 Å². The maximum absolute atomic E-state index is 12.6. The van der Waals surface area contributed by atoms with Gasteiger partial charge in [0.25, 0.3) is 0 Å². The first-order valence-corrected chi connectivity index (χ1v) is 10.6. The Bertz CT molecular complexity index is 844. The number of nitrogens with zero attached hydrogens (tertiary/aromatic N) is 1. The van der Waals surface area contributed by atoms with Crippen LogP contribution in [0.25, 0.3) is 0 Å². The van der Waals surface area contributed by atoms with Crippen LogP contribution >= 0.6 is 11.8 Å². The van der Waals surface area contributed by atoms with Gasteiger partial charge in [0.05, 0.1) is 5.75 Å². The van der Waals surface area contributed by atoms with E-state index in [1.165, 1.54) is 5.56 Å². The van der Waals surface area contributed by atoms with Crippen molar-refractivity contribution in [1.29, 1.82) is 0 Å². The van der Waals surface area contributed by atoms with Crippen LogP contribution in [0, 0.1) is 12.8 Å². The molecule has 27 heavy (non-hydrogen) atoms. The Morgan fingerprint density at radius 2 is 1.78 bits per heavy atom. The molecule has 1 saturated carbocycles. The first-order chi connectivity index (χ1) is 13.1. The number of hydrogen-bond acceptors (Lipinski definition) is 3. The van der Waals surface area contributed by atoms with Crippen LogP contribution in [-0.4, -0.2) is 17.6 Å². The molecular weight excluding hydrogens is 356 g/mol. The summed E-state index contributed by atoms with van der Waals surface area (Å²) in [6, 6.07) is 15.9. The summed E-state index contributed by atoms with van der Waals surface area (Å²) >= 11 is 1.61. The highest BCUT2D eigenvalue weighted by molar-refractivity contribution is 8.00. The third-order valence-electron chi connectivity index (χ3n) is 5.39. The van der Waals surface area contributed by atoms with Crippen molar-refractivity contribution >= 4 is 35.0 Å². The summed E-state index contributed by atoms with van der Waals surface area (Å²) in [4.78, 5) is 27.1. The van der Waals surface area contributed by atoms with Gasteiger partial charge in [-0.15, -0.1) is 11.8 Å². The maximum atomic E-state index is 12.6. The van der Waals surface area contributed by atoms with E-state index in [-0.39, 0.29) is 23.1 Å². The summed E-state index contributed by atoms with van der Waals surface area (Å²) < 4.78 is 0. The number of aryl methyl sites for hydroxylation is 1. The molecule has 2 fully saturated rings. The number of carbonyl (C=O) groups is 2. The molecule has 0 spiro atoms. The number of nitrogens with one attached hydrogen (secondary N) is 1. The second kappa shape index (κ2) is 7.77. The molecule has 1 aliphatic heterocycles. The van der Waals surface area contributed by atoms with Gasteiger partial charge in [-0.3, -0.25) is 14.5 Å². The Morgan fingerprint density at radius 1 is 1.07 bits per heavy atom. The molecule has 1 saturated heterocycles. The number of hydrogen-bond donors (Lipinski definition) is 1. The number of para-hydroxylation sites is 1. The van der Waals surface area contributed by atoms with E-state index in [9.17, 15) is 9.59 Å². The second-order valence-electron chi connectivity index (χ2n) is 7.32. The van der Waals surface area contributed by atoms with E-state index < -0.39 is 0 Å². The molecule has 1 aliphatic carbocycles. The van der Waals surface area contributed by atoms with E-state index in [2.05, 4.69) is 5.32 Å². The largest absolute Gasteiger partial charge is 0.325 e. The van der Waals surface area contributed by atoms with E-state index in [4.69, 9.17) is 0 Å². The highest BCUT2D eigenvalue weighted by atomic mass is 32.2. The minimum Gasteiger partial charge on any atom is -0.325 e. The minimum absolute atomic E-state index is 0.103. The smallest absolute Gasteiger partial charge is 0.238 e. The van der Waals surface area contributed by atoms with Crippen molar-refractivity contribution in [1.82, 2.24) is 0 Å². The van der Waals surface area contributed by atoms with Crippen molar-refractivity contribution in [3.63, 3.8) is 0 Å². The average molecular weight is 381 g/mol. The molecular formula is C22H24N2O2S. The Kier molecular flexibility index (Phi) is 5.21. The Morgan fingerprint density at radius 3 is 2.52 bits per heavy atom. The minimum atomic E-state index is -0.125. The zero-order valence-corrected chi connectivity index (χ0v) is 16.3. The van der Waals surface area contributed by atoms with Gasteiger partial charge in [-0.05, 0) is 38.0 Å². The van der Waals surface area contributed by atoms with Crippen molar-refractivity contribution in [3.05, 3.63) is 59.7 Å². The Labute approximate surface area is 164 Å². The molecule has 5 heteroatoms. The zero-order chi connectivity index (χ0) is 18.8. The molecule has 4 nitrogen and oxygen atoms in total. The molecule has 4 rings (SSSR count). The number of rotatable bonds is 4. The lowest BCUT2D eigenvalue weighted by Gasteiger charge is -2.26. The van der Waals surface area contributed by atoms with Gasteiger partial charge < -0.3 is 5.32 Å². The van der Waals surface area contributed by atoms with E-state index in [1.54, 1.807) is 11.8 Å². The lowest BCUT2D eigenvalue weighted by molar-refractivity contribution is -0.119. The molecule has 2 aliphatic rings. The molecule has 2 aromatic rings. The van der Waals surface area contributed by atoms with Crippen LogP contribution in [0.3, 0.4) is 0 Å². The summed E-state index contributed by atoms with van der Waals surface area (Å²) in [5.41, 5.74) is 3.87. The lowest BCUT2D eigenvalue weighted by atomic mass is 10.1. The summed E-state index contributed by atoms with van der Waals surface area (Å²) in [5.74, 6) is 0.773. The van der Waals surface area contributed by atoms with E-state index in [1.807, 2.05) is 60.4 Å². The van der Waals surface area contributed by atoms with Crippen LogP contribution in [0.5, 0.6) is 0 Å². The highest BCUT2D eigenvalue weighted by Gasteiger charge is 2.35. The van der Waals surface area contributed by atoms with Crippen molar-refractivity contribution in [2.75, 3.05) is 16.0 Å². The van der Waals surface area contributed by atoms with Gasteiger partial charge in [-0.25, -0.2) is 0 Å². The SMILES string of the molecule is Cc1ccc(N2C(=O)CS[C@H]2c2ccccc2NC(=O)C2CCCC2)cc1. The summed E-state index contributed by atoms with van der Waals surface area (Å²) in [5, 5.41) is 3.01. The van der Waals surface area contributed by atoms with Crippen LogP contribution in [-0.2, 0) is 9.59 Å². The number of benzene rings is 2. The number of amides is 2. The van der Waals surface area contributed by atoms with E-state index in [0.717, 1.165) is 42.6 Å². The maximum Gasteiger partial charge on any atom is 0.238 e. The fraction of sp³-hybridized carbons (Fsp3) is 0.364. The van der Waals surface area contributed by atoms with Crippen LogP contribution < -0.4 is 10.2 Å². The summed E-state index contributed by atoms with van der Waals surface area (Å²) in [6.45, 7) is 2.04. The fourth-order valence-corrected chi connectivity index (χ4v) is 5.10. The third kappa shape index (κ3) is 3.74. The lowest BCUT2D eigenvalue weighted by Crippen LogP contribution is -2.29. The molecule has 1 atom stereocenters. The Balaban J connectivity index is 1.62. The topological polar surface area (TPSA) is 49.4 Å². The van der Waals surface area contributed by atoms with Crippen molar-refractivity contribution in [3.8, 4) is 0 Å². The van der Waals surface area contributed by atoms with Crippen LogP contribution in [0.15, 0.2) is 48.5 Å². The van der Waals surface area contributed by atoms with Gasteiger partial charge in [0.2, 0.25) is 11.8 Å². The predicted molar refractivity (Wildman–Crippen MR) is 111 cm³/mol. The number of anilines is 2. The van der Waals surface area contributed by atoms with Crippen molar-refractivity contribution in [2.24, 2.45) is 5.92 Å². The molecule has 1 heterocycles. The van der Waals surface area contributed by atoms with Crippen LogP contribution in [0.1, 0.15) is 42.2 Å². The van der Waals surface area contributed by atoms with Gasteiger partial charge in [0, 0.05) is 22.9 Å². The van der Waals surface area contributed by atoms with Crippen LogP contribution in [0.2, 0.25) is 0 Å². The van der Waals surface area contributed by atoms with E-state index in [0.29, 0.717) is 5.75 Å². The summed E-state index contributed by atoms with van der Waals surface area (Å²) in [6.07, 6.45) is 4.21. The van der Waals surface area contributed by atoms with Gasteiger partial charge in [-0.2, -0.15) is 0 Å². The molecule has 0 bridgehead atoms. The first-order valence-electron chi connectivity index (χ1n) is 9.53. The third-order valence-corrected chi connectivity index (χ3v) is 6.58. The molecule has 1 N–H and O–H groups in total. The van der Waals surface area contributed by atoms with Gasteiger partial charge in [0.1, 0.15) is 5.37 Å². The summed E-state index contributed by atoms with van der Waals surface area (Å²) in [7, 11) is 0. The average Bonchev–Trinajstić information content (AvgIpc) is 3.33. The zero-order valence-electron chi connectivity index (χ0n) is 15.5. The molecule has 2 aromatic carbocycles. The van der Waals surface area contributed by atoms with E-state index >= 15 is 0 Å². The quantitative estimate of drug-likeness (QED) is 0.820. The normalized spacial score (nSPS) is 20.3. The predicted octanol–water partition coefficient (Wildman–Crippen LogP) is 4.90. The number of carbonyl (C=O) groups excluding carboxylic acids is 2. The fourth-order valence-electron chi connectivity index (χ4n) is 3.89. The highest BCUT2D eigenvalue weighted by Crippen LogP contribution is 2.44. The molecule has 2 amide bonds. The molecule has 0 aromatic heterocycles. The monoisotopic (exact) mass is 380 g/mol. The van der Waals surface area contributed by atoms with Gasteiger partial charge in [0.15, 0.2) is 0 Å². The van der Waals surface area contributed by atoms with Gasteiger partial charge in [-0.1, -0.05) is 48.7 Å². The molecule has 0 unspecified atom stereocenters. The van der Waals surface area contributed by atoms with Crippen molar-refractivity contribution in [2.45, 2.75) is 38.0 Å². The molecule has 140 valence electrons.